The molecule has 29 heavy (non-hydrogen) atoms. The van der Waals surface area contributed by atoms with E-state index in [1.54, 1.807) is 17.2 Å². The van der Waals surface area contributed by atoms with Gasteiger partial charge in [-0.2, -0.15) is 13.2 Å². The summed E-state index contributed by atoms with van der Waals surface area (Å²) in [6, 6.07) is 7.96. The van der Waals surface area contributed by atoms with Gasteiger partial charge in [-0.05, 0) is 61.6 Å². The molecule has 0 aromatic heterocycles. The molecule has 1 heterocycles. The lowest BCUT2D eigenvalue weighted by Gasteiger charge is -2.18. The van der Waals surface area contributed by atoms with Crippen molar-refractivity contribution in [3.05, 3.63) is 53.6 Å². The van der Waals surface area contributed by atoms with Gasteiger partial charge < -0.3 is 4.90 Å². The molecule has 0 saturated carbocycles. The van der Waals surface area contributed by atoms with E-state index in [1.807, 2.05) is 0 Å². The summed E-state index contributed by atoms with van der Waals surface area (Å²) in [4.78, 5) is 15.0. The highest BCUT2D eigenvalue weighted by Crippen LogP contribution is 2.31. The van der Waals surface area contributed by atoms with Gasteiger partial charge in [-0.3, -0.25) is 9.52 Å². The maximum Gasteiger partial charge on any atom is 0.416 e. The van der Waals surface area contributed by atoms with Crippen molar-refractivity contribution in [1.29, 1.82) is 0 Å². The molecule has 0 bridgehead atoms. The fourth-order valence-electron chi connectivity index (χ4n) is 3.05. The number of likely N-dealkylation sites (tertiary alicyclic amines) is 1. The van der Waals surface area contributed by atoms with Gasteiger partial charge in [0.05, 0.1) is 16.0 Å². The van der Waals surface area contributed by atoms with E-state index < -0.39 is 21.8 Å². The van der Waals surface area contributed by atoms with Gasteiger partial charge >= 0.3 is 6.18 Å². The molecule has 1 N–H and O–H groups in total. The van der Waals surface area contributed by atoms with Crippen LogP contribution in [0.1, 0.15) is 28.8 Å². The lowest BCUT2D eigenvalue weighted by atomic mass is 10.2. The zero-order valence-corrected chi connectivity index (χ0v) is 17.1. The van der Waals surface area contributed by atoms with Gasteiger partial charge in [-0.15, -0.1) is 11.8 Å². The molecular weight excluding hydrogens is 425 g/mol. The summed E-state index contributed by atoms with van der Waals surface area (Å²) in [6.07, 6.45) is -0.887. The molecule has 1 amide bonds. The summed E-state index contributed by atoms with van der Waals surface area (Å²) < 4.78 is 65.7. The predicted molar refractivity (Wildman–Crippen MR) is 106 cm³/mol. The molecule has 2 aromatic carbocycles. The molecule has 0 unspecified atom stereocenters. The molecule has 156 valence electrons. The second-order valence-corrected chi connectivity index (χ2v) is 9.07. The fraction of sp³-hybridized carbons (Fsp3) is 0.316. The van der Waals surface area contributed by atoms with Crippen LogP contribution in [0.5, 0.6) is 0 Å². The van der Waals surface area contributed by atoms with E-state index in [0.717, 1.165) is 37.1 Å². The lowest BCUT2D eigenvalue weighted by molar-refractivity contribution is -0.137. The summed E-state index contributed by atoms with van der Waals surface area (Å²) >= 11 is 1.34. The number of carbonyl (C=O) groups is 1. The first-order valence-corrected chi connectivity index (χ1v) is 11.5. The smallest absolute Gasteiger partial charge is 0.339 e. The van der Waals surface area contributed by atoms with Gasteiger partial charge in [0.15, 0.2) is 0 Å². The summed E-state index contributed by atoms with van der Waals surface area (Å²) in [5.41, 5.74) is -0.572. The van der Waals surface area contributed by atoms with E-state index in [0.29, 0.717) is 23.5 Å². The predicted octanol–water partition coefficient (Wildman–Crippen LogP) is 4.46. The van der Waals surface area contributed by atoms with Gasteiger partial charge in [-0.25, -0.2) is 8.42 Å². The number of sulfonamides is 1. The van der Waals surface area contributed by atoms with Crippen LogP contribution in [0.3, 0.4) is 0 Å². The average molecular weight is 445 g/mol. The molecule has 1 fully saturated rings. The van der Waals surface area contributed by atoms with Crippen molar-refractivity contribution in [1.82, 2.24) is 4.90 Å². The van der Waals surface area contributed by atoms with Crippen molar-refractivity contribution in [2.24, 2.45) is 0 Å². The summed E-state index contributed by atoms with van der Waals surface area (Å²) in [7, 11) is -4.08. The number of anilines is 1. The molecule has 5 nitrogen and oxygen atoms in total. The van der Waals surface area contributed by atoms with E-state index in [1.165, 1.54) is 23.9 Å². The van der Waals surface area contributed by atoms with Crippen molar-refractivity contribution in [2.45, 2.75) is 28.8 Å². The lowest BCUT2D eigenvalue weighted by Crippen LogP contribution is -2.28. The Kier molecular flexibility index (Phi) is 6.13. The molecule has 3 rings (SSSR count). The number of nitrogens with zero attached hydrogens (tertiary/aromatic N) is 1. The van der Waals surface area contributed by atoms with E-state index in [9.17, 15) is 26.4 Å². The number of hydrogen-bond donors (Lipinski definition) is 1. The van der Waals surface area contributed by atoms with Crippen LogP contribution in [0, 0.1) is 0 Å². The summed E-state index contributed by atoms with van der Waals surface area (Å²) in [6.45, 7) is 1.26. The first-order chi connectivity index (χ1) is 13.6. The first-order valence-electron chi connectivity index (χ1n) is 8.79. The van der Waals surface area contributed by atoms with Gasteiger partial charge in [0.25, 0.3) is 15.9 Å². The number of nitrogens with one attached hydrogen (secondary N) is 1. The average Bonchev–Trinajstić information content (AvgIpc) is 3.21. The summed E-state index contributed by atoms with van der Waals surface area (Å²) in [5.74, 6) is -0.224. The first kappa shape index (κ1) is 21.5. The van der Waals surface area contributed by atoms with Crippen LogP contribution < -0.4 is 4.72 Å². The van der Waals surface area contributed by atoms with Crippen molar-refractivity contribution in [2.75, 3.05) is 24.1 Å². The van der Waals surface area contributed by atoms with Gasteiger partial charge in [0, 0.05) is 23.7 Å². The maximum absolute atomic E-state index is 12.8. The Bertz CT molecular complexity index is 1000. The maximum atomic E-state index is 12.8. The number of alkyl halides is 3. The van der Waals surface area contributed by atoms with Crippen LogP contribution in [0.15, 0.2) is 52.3 Å². The van der Waals surface area contributed by atoms with Crippen LogP contribution in [0.2, 0.25) is 0 Å². The van der Waals surface area contributed by atoms with E-state index >= 15 is 0 Å². The Hall–Kier alpha value is -2.20. The molecule has 0 spiro atoms. The number of rotatable bonds is 5. The SMILES string of the molecule is CSc1ccc(S(=O)(=O)Nc2ccc(C(F)(F)F)cc2)cc1C(=O)N1CCCC1. The second-order valence-electron chi connectivity index (χ2n) is 6.54. The molecule has 0 aliphatic carbocycles. The molecule has 2 aromatic rings. The molecule has 0 radical (unpaired) electrons. The Morgan fingerprint density at radius 3 is 2.24 bits per heavy atom. The third kappa shape index (κ3) is 4.87. The van der Waals surface area contributed by atoms with Gasteiger partial charge in [0.1, 0.15) is 0 Å². The minimum absolute atomic E-state index is 0.000590. The summed E-state index contributed by atoms with van der Waals surface area (Å²) in [5, 5.41) is 0. The number of halogens is 3. The van der Waals surface area contributed by atoms with Crippen LogP contribution in [0.4, 0.5) is 18.9 Å². The third-order valence-electron chi connectivity index (χ3n) is 4.57. The molecule has 1 aliphatic rings. The number of benzene rings is 2. The molecule has 1 saturated heterocycles. The number of thioether (sulfide) groups is 1. The Morgan fingerprint density at radius 1 is 1.07 bits per heavy atom. The third-order valence-corrected chi connectivity index (χ3v) is 6.74. The molecule has 1 aliphatic heterocycles. The monoisotopic (exact) mass is 444 g/mol. The zero-order chi connectivity index (χ0) is 21.2. The molecular formula is C19H19F3N2O3S2. The van der Waals surface area contributed by atoms with Gasteiger partial charge in [-0.1, -0.05) is 0 Å². The van der Waals surface area contributed by atoms with Crippen LogP contribution in [-0.4, -0.2) is 38.6 Å². The highest BCUT2D eigenvalue weighted by Gasteiger charge is 2.30. The van der Waals surface area contributed by atoms with Crippen molar-refractivity contribution in [3.63, 3.8) is 0 Å². The highest BCUT2D eigenvalue weighted by atomic mass is 32.2. The number of carbonyl (C=O) groups excluding carboxylic acids is 1. The Labute approximate surface area is 171 Å². The van der Waals surface area contributed by atoms with Crippen molar-refractivity contribution < 1.29 is 26.4 Å². The zero-order valence-electron chi connectivity index (χ0n) is 15.5. The van der Waals surface area contributed by atoms with Crippen LogP contribution in [-0.2, 0) is 16.2 Å². The standard InChI is InChI=1S/C19H19F3N2O3S2/c1-28-17-9-8-15(12-16(17)18(25)24-10-2-3-11-24)29(26,27)23-14-6-4-13(5-7-14)19(20,21)22/h4-9,12,23H,2-3,10-11H2,1H3. The quantitative estimate of drug-likeness (QED) is 0.692. The Morgan fingerprint density at radius 2 is 1.69 bits per heavy atom. The number of amides is 1. The van der Waals surface area contributed by atoms with Crippen LogP contribution >= 0.6 is 11.8 Å². The highest BCUT2D eigenvalue weighted by molar-refractivity contribution is 7.98. The van der Waals surface area contributed by atoms with E-state index in [-0.39, 0.29) is 16.5 Å². The topological polar surface area (TPSA) is 66.5 Å². The number of hydrogen-bond acceptors (Lipinski definition) is 4. The van der Waals surface area contributed by atoms with Gasteiger partial charge in [0.2, 0.25) is 0 Å². The second kappa shape index (κ2) is 8.27. The largest absolute Gasteiger partial charge is 0.416 e. The fourth-order valence-corrected chi connectivity index (χ4v) is 4.71. The van der Waals surface area contributed by atoms with E-state index in [2.05, 4.69) is 4.72 Å². The Balaban J connectivity index is 1.88. The van der Waals surface area contributed by atoms with E-state index in [4.69, 9.17) is 0 Å². The minimum atomic E-state index is -4.50. The van der Waals surface area contributed by atoms with Crippen molar-refractivity contribution >= 4 is 33.4 Å². The molecule has 0 atom stereocenters. The molecule has 10 heteroatoms. The minimum Gasteiger partial charge on any atom is -0.339 e. The normalized spacial score (nSPS) is 14.8. The van der Waals surface area contributed by atoms with Crippen LogP contribution in [0.25, 0.3) is 0 Å². The van der Waals surface area contributed by atoms with Crippen molar-refractivity contribution in [3.8, 4) is 0 Å².